The highest BCUT2D eigenvalue weighted by Gasteiger charge is 2.41. The molecule has 45 heavy (non-hydrogen) atoms. The summed E-state index contributed by atoms with van der Waals surface area (Å²) in [7, 11) is -4.27. The fourth-order valence-electron chi connectivity index (χ4n) is 7.02. The number of pyridine rings is 3. The Kier molecular flexibility index (Phi) is 8.36. The first-order chi connectivity index (χ1) is 21.3. The van der Waals surface area contributed by atoms with Gasteiger partial charge in [-0.15, -0.1) is 0 Å². The maximum atomic E-state index is 13.7. The van der Waals surface area contributed by atoms with E-state index in [-0.39, 0.29) is 27.6 Å². The molecule has 3 aliphatic rings. The average Bonchev–Trinajstić information content (AvgIpc) is 3.32. The van der Waals surface area contributed by atoms with E-state index in [1.165, 1.54) is 11.6 Å². The van der Waals surface area contributed by atoms with Crippen molar-refractivity contribution in [2.45, 2.75) is 94.7 Å². The Morgan fingerprint density at radius 1 is 0.978 bits per heavy atom. The third-order valence-corrected chi connectivity index (χ3v) is 10.7. The number of nitrogens with zero attached hydrogens (tertiary/aromatic N) is 4. The van der Waals surface area contributed by atoms with Crippen molar-refractivity contribution in [3.05, 3.63) is 71.2 Å². The van der Waals surface area contributed by atoms with Gasteiger partial charge in [-0.2, -0.15) is 8.42 Å². The Labute approximate surface area is 266 Å². The SMILES string of the molecule is CC(C)(C)c1ccc2c(n1)N1C[C@@H](CCC(c3cc(C4CCNCC4)ccn3)Nc3cccc(n3)S(=O)(=O)NC2=O)CC1(C)C. The van der Waals surface area contributed by atoms with Crippen molar-refractivity contribution >= 4 is 27.6 Å². The van der Waals surface area contributed by atoms with Gasteiger partial charge in [0.15, 0.2) is 5.03 Å². The van der Waals surface area contributed by atoms with Crippen molar-refractivity contribution in [3.63, 3.8) is 0 Å². The summed E-state index contributed by atoms with van der Waals surface area (Å²) in [5, 5.41) is 6.73. The van der Waals surface area contributed by atoms with Crippen LogP contribution in [0.1, 0.15) is 106 Å². The second kappa shape index (κ2) is 12.0. The molecule has 3 aromatic rings. The largest absolute Gasteiger partial charge is 0.362 e. The van der Waals surface area contributed by atoms with Gasteiger partial charge in [-0.3, -0.25) is 9.78 Å². The molecular formula is C34H45N7O3S. The van der Waals surface area contributed by atoms with E-state index in [9.17, 15) is 13.2 Å². The van der Waals surface area contributed by atoms with Gasteiger partial charge in [-0.05, 0) is 113 Å². The van der Waals surface area contributed by atoms with Gasteiger partial charge in [0.05, 0.1) is 17.3 Å². The van der Waals surface area contributed by atoms with Crippen LogP contribution in [0.3, 0.4) is 0 Å². The Hall–Kier alpha value is -3.57. The predicted molar refractivity (Wildman–Crippen MR) is 176 cm³/mol. The quantitative estimate of drug-likeness (QED) is 0.345. The number of nitrogens with one attached hydrogen (secondary N) is 3. The number of carbonyl (C=O) groups is 1. The topological polar surface area (TPSA) is 129 Å². The highest BCUT2D eigenvalue weighted by molar-refractivity contribution is 7.90. The van der Waals surface area contributed by atoms with Crippen LogP contribution in [-0.2, 0) is 15.4 Å². The molecule has 3 aliphatic heterocycles. The molecule has 2 atom stereocenters. The third kappa shape index (κ3) is 6.70. The number of fused-ring (bicyclic) bond motifs is 6. The van der Waals surface area contributed by atoms with Crippen molar-refractivity contribution < 1.29 is 13.2 Å². The van der Waals surface area contributed by atoms with Crippen LogP contribution in [0.5, 0.6) is 0 Å². The van der Waals surface area contributed by atoms with Gasteiger partial charge in [0, 0.05) is 29.4 Å². The standard InChI is InChI=1S/C34H45N7O3S/c1-33(2,3)28-12-10-25-31(38-28)41-21-22(20-34(41,4)5)9-11-26(27-19-24(15-18-36-27)23-13-16-35-17-14-23)37-29-7-6-8-30(39-29)45(43,44)40-32(25)42/h6-8,10,12,15,18-19,22-23,26,35H,9,11,13-14,16-17,20-21H2,1-5H3,(H,37,39)(H,40,42)/t22-,26?/m0/s1. The second-order valence-electron chi connectivity index (χ2n) is 14.4. The van der Waals surface area contributed by atoms with Crippen LogP contribution in [0, 0.1) is 5.92 Å². The van der Waals surface area contributed by atoms with E-state index in [0.717, 1.165) is 56.6 Å². The smallest absolute Gasteiger partial charge is 0.281 e. The molecule has 2 saturated heterocycles. The molecule has 0 saturated carbocycles. The molecule has 0 aromatic carbocycles. The fraction of sp³-hybridized carbons (Fsp3) is 0.529. The number of aromatic nitrogens is 3. The van der Waals surface area contributed by atoms with Crippen LogP contribution in [0.15, 0.2) is 53.7 Å². The molecule has 1 amide bonds. The Morgan fingerprint density at radius 2 is 1.76 bits per heavy atom. The summed E-state index contributed by atoms with van der Waals surface area (Å²) in [5.41, 5.74) is 2.75. The number of amides is 1. The van der Waals surface area contributed by atoms with Crippen molar-refractivity contribution in [2.24, 2.45) is 5.92 Å². The first kappa shape index (κ1) is 31.4. The number of anilines is 2. The average molecular weight is 632 g/mol. The Morgan fingerprint density at radius 3 is 2.51 bits per heavy atom. The second-order valence-corrected chi connectivity index (χ2v) is 16.0. The van der Waals surface area contributed by atoms with E-state index in [4.69, 9.17) is 9.97 Å². The van der Waals surface area contributed by atoms with Gasteiger partial charge in [-0.25, -0.2) is 14.7 Å². The van der Waals surface area contributed by atoms with Gasteiger partial charge in [0.1, 0.15) is 11.6 Å². The molecule has 1 unspecified atom stereocenters. The van der Waals surface area contributed by atoms with Crippen molar-refractivity contribution in [2.75, 3.05) is 29.9 Å². The minimum Gasteiger partial charge on any atom is -0.362 e. The van der Waals surface area contributed by atoms with Gasteiger partial charge >= 0.3 is 0 Å². The molecule has 4 bridgehead atoms. The van der Waals surface area contributed by atoms with Crippen molar-refractivity contribution in [3.8, 4) is 0 Å². The minimum absolute atomic E-state index is 0.174. The molecule has 0 aliphatic carbocycles. The zero-order valence-electron chi connectivity index (χ0n) is 26.9. The lowest BCUT2D eigenvalue weighted by Crippen LogP contribution is -2.41. The van der Waals surface area contributed by atoms with E-state index in [0.29, 0.717) is 30.0 Å². The van der Waals surface area contributed by atoms with Gasteiger partial charge in [0.25, 0.3) is 15.9 Å². The molecule has 2 fully saturated rings. The number of hydrogen-bond donors (Lipinski definition) is 3. The van der Waals surface area contributed by atoms with E-state index in [1.54, 1.807) is 18.2 Å². The Balaban J connectivity index is 1.42. The number of hydrogen-bond acceptors (Lipinski definition) is 9. The maximum Gasteiger partial charge on any atom is 0.281 e. The molecule has 3 N–H and O–H groups in total. The molecule has 240 valence electrons. The van der Waals surface area contributed by atoms with Crippen LogP contribution in [0.25, 0.3) is 0 Å². The Bertz CT molecular complexity index is 1680. The lowest BCUT2D eigenvalue weighted by Gasteiger charge is -2.34. The lowest BCUT2D eigenvalue weighted by molar-refractivity contribution is 0.0981. The summed E-state index contributed by atoms with van der Waals surface area (Å²) in [5.74, 6) is 1.04. The van der Waals surface area contributed by atoms with Gasteiger partial charge < -0.3 is 15.5 Å². The number of sulfonamides is 1. The first-order valence-corrected chi connectivity index (χ1v) is 17.5. The summed E-state index contributed by atoms with van der Waals surface area (Å²) >= 11 is 0. The van der Waals surface area contributed by atoms with E-state index >= 15 is 0 Å². The maximum absolute atomic E-state index is 13.7. The summed E-state index contributed by atoms with van der Waals surface area (Å²) in [6.45, 7) is 13.3. The van der Waals surface area contributed by atoms with Crippen molar-refractivity contribution in [1.29, 1.82) is 0 Å². The first-order valence-electron chi connectivity index (χ1n) is 16.1. The molecule has 6 rings (SSSR count). The number of piperidine rings is 1. The van der Waals surface area contributed by atoms with E-state index in [1.807, 2.05) is 12.3 Å². The van der Waals surface area contributed by atoms with Crippen LogP contribution >= 0.6 is 0 Å². The summed E-state index contributed by atoms with van der Waals surface area (Å²) in [4.78, 5) is 30.2. The molecular weight excluding hydrogens is 586 g/mol. The van der Waals surface area contributed by atoms with Gasteiger partial charge in [-0.1, -0.05) is 26.8 Å². The van der Waals surface area contributed by atoms with Crippen LogP contribution < -0.4 is 20.3 Å². The summed E-state index contributed by atoms with van der Waals surface area (Å²) < 4.78 is 29.3. The molecule has 0 radical (unpaired) electrons. The predicted octanol–water partition coefficient (Wildman–Crippen LogP) is 5.31. The van der Waals surface area contributed by atoms with Crippen LogP contribution in [0.4, 0.5) is 11.6 Å². The molecule has 11 heteroatoms. The minimum atomic E-state index is -4.27. The summed E-state index contributed by atoms with van der Waals surface area (Å²) in [6.07, 6.45) is 6.69. The van der Waals surface area contributed by atoms with E-state index in [2.05, 4.69) is 72.0 Å². The normalized spacial score (nSPS) is 23.7. The molecule has 3 aromatic heterocycles. The van der Waals surface area contributed by atoms with Crippen molar-refractivity contribution in [1.82, 2.24) is 25.0 Å². The van der Waals surface area contributed by atoms with Gasteiger partial charge in [0.2, 0.25) is 0 Å². The van der Waals surface area contributed by atoms with E-state index < -0.39 is 15.9 Å². The fourth-order valence-corrected chi connectivity index (χ4v) is 7.95. The third-order valence-electron chi connectivity index (χ3n) is 9.49. The molecule has 0 spiro atoms. The highest BCUT2D eigenvalue weighted by Crippen LogP contribution is 2.41. The number of rotatable bonds is 2. The zero-order valence-corrected chi connectivity index (χ0v) is 27.7. The number of carbonyl (C=O) groups excluding carboxylic acids is 1. The van der Waals surface area contributed by atoms with Crippen LogP contribution in [0.2, 0.25) is 0 Å². The van der Waals surface area contributed by atoms with Crippen LogP contribution in [-0.4, -0.2) is 54.5 Å². The monoisotopic (exact) mass is 631 g/mol. The molecule has 10 nitrogen and oxygen atoms in total. The molecule has 6 heterocycles. The zero-order chi connectivity index (χ0) is 32.0. The highest BCUT2D eigenvalue weighted by atomic mass is 32.2. The lowest BCUT2D eigenvalue weighted by atomic mass is 9.88. The summed E-state index contributed by atoms with van der Waals surface area (Å²) in [6, 6.07) is 12.5.